The largest absolute Gasteiger partial charge is 0.369 e. The molecule has 0 saturated heterocycles. The van der Waals surface area contributed by atoms with Gasteiger partial charge in [-0.05, 0) is 36.7 Å². The van der Waals surface area contributed by atoms with Gasteiger partial charge in [0.2, 0.25) is 5.91 Å². The summed E-state index contributed by atoms with van der Waals surface area (Å²) in [4.78, 5) is 12.9. The monoisotopic (exact) mass is 231 g/mol. The van der Waals surface area contributed by atoms with E-state index >= 15 is 0 Å². The van der Waals surface area contributed by atoms with Crippen LogP contribution in [0.1, 0.15) is 23.6 Å². The molecule has 1 aromatic carbocycles. The van der Waals surface area contributed by atoms with Crippen molar-refractivity contribution in [3.63, 3.8) is 0 Å². The zero-order valence-corrected chi connectivity index (χ0v) is 10.2. The number of primary amides is 1. The number of nitrogens with zero attached hydrogens (tertiary/aromatic N) is 2. The van der Waals surface area contributed by atoms with Crippen molar-refractivity contribution < 1.29 is 4.79 Å². The van der Waals surface area contributed by atoms with E-state index in [2.05, 4.69) is 6.07 Å². The van der Waals surface area contributed by atoms with E-state index in [1.807, 2.05) is 30.9 Å². The maximum absolute atomic E-state index is 10.9. The predicted octanol–water partition coefficient (Wildman–Crippen LogP) is 1.17. The summed E-state index contributed by atoms with van der Waals surface area (Å²) in [6, 6.07) is 7.68. The molecule has 0 radical (unpaired) electrons. The molecule has 17 heavy (non-hydrogen) atoms. The van der Waals surface area contributed by atoms with Crippen LogP contribution in [0.15, 0.2) is 18.2 Å². The van der Waals surface area contributed by atoms with E-state index in [9.17, 15) is 4.79 Å². The van der Waals surface area contributed by atoms with Gasteiger partial charge in [-0.25, -0.2) is 0 Å². The minimum absolute atomic E-state index is 0.260. The van der Waals surface area contributed by atoms with Gasteiger partial charge in [-0.3, -0.25) is 9.69 Å². The number of benzene rings is 1. The van der Waals surface area contributed by atoms with Gasteiger partial charge in [0.15, 0.2) is 0 Å². The van der Waals surface area contributed by atoms with Gasteiger partial charge in [0, 0.05) is 6.54 Å². The number of aryl methyl sites for hydroxylation is 1. The molecule has 4 nitrogen and oxygen atoms in total. The van der Waals surface area contributed by atoms with E-state index in [0.717, 1.165) is 17.7 Å². The molecule has 0 aliphatic carbocycles. The summed E-state index contributed by atoms with van der Waals surface area (Å²) in [5.74, 6) is -0.321. The third kappa shape index (κ3) is 3.89. The number of rotatable bonds is 5. The van der Waals surface area contributed by atoms with Crippen molar-refractivity contribution >= 4 is 5.91 Å². The summed E-state index contributed by atoms with van der Waals surface area (Å²) < 4.78 is 0. The smallest absolute Gasteiger partial charge is 0.231 e. The van der Waals surface area contributed by atoms with Crippen LogP contribution in [0.4, 0.5) is 0 Å². The molecule has 4 heteroatoms. The highest BCUT2D eigenvalue weighted by molar-refractivity contribution is 5.75. The van der Waals surface area contributed by atoms with Gasteiger partial charge < -0.3 is 5.73 Å². The first-order valence-corrected chi connectivity index (χ1v) is 5.57. The minimum atomic E-state index is -0.321. The van der Waals surface area contributed by atoms with Gasteiger partial charge in [-0.2, -0.15) is 5.26 Å². The second kappa shape index (κ2) is 6.02. The molecule has 1 rings (SSSR count). The first kappa shape index (κ1) is 13.2. The Morgan fingerprint density at radius 1 is 1.53 bits per heavy atom. The SMILES string of the molecule is CCN(CC(N)=O)Cc1ccc(C#N)cc1C. The van der Waals surface area contributed by atoms with Crippen LogP contribution < -0.4 is 5.73 Å². The van der Waals surface area contributed by atoms with Crippen molar-refractivity contribution in [3.8, 4) is 6.07 Å². The van der Waals surface area contributed by atoms with Crippen molar-refractivity contribution in [1.82, 2.24) is 4.90 Å². The second-order valence-corrected chi connectivity index (χ2v) is 4.02. The van der Waals surface area contributed by atoms with Crippen LogP contribution >= 0.6 is 0 Å². The van der Waals surface area contributed by atoms with E-state index in [1.54, 1.807) is 6.07 Å². The lowest BCUT2D eigenvalue weighted by molar-refractivity contribution is -0.119. The van der Waals surface area contributed by atoms with Crippen LogP contribution in [0, 0.1) is 18.3 Å². The molecule has 0 aromatic heterocycles. The maximum atomic E-state index is 10.9. The molecule has 0 fully saturated rings. The zero-order valence-electron chi connectivity index (χ0n) is 10.2. The predicted molar refractivity (Wildman–Crippen MR) is 66.0 cm³/mol. The second-order valence-electron chi connectivity index (χ2n) is 4.02. The van der Waals surface area contributed by atoms with E-state index in [1.165, 1.54) is 0 Å². The number of likely N-dealkylation sites (N-methyl/N-ethyl adjacent to an activating group) is 1. The first-order valence-electron chi connectivity index (χ1n) is 5.57. The quantitative estimate of drug-likeness (QED) is 0.827. The minimum Gasteiger partial charge on any atom is -0.369 e. The van der Waals surface area contributed by atoms with E-state index in [-0.39, 0.29) is 12.5 Å². The summed E-state index contributed by atoms with van der Waals surface area (Å²) in [5, 5.41) is 8.78. The Hall–Kier alpha value is -1.86. The Labute approximate surface area is 102 Å². The fraction of sp³-hybridized carbons (Fsp3) is 0.385. The molecule has 1 aromatic rings. The Kier molecular flexibility index (Phi) is 4.68. The molecule has 0 atom stereocenters. The van der Waals surface area contributed by atoms with Crippen molar-refractivity contribution in [2.24, 2.45) is 5.73 Å². The normalized spacial score (nSPS) is 10.2. The van der Waals surface area contributed by atoms with Gasteiger partial charge in [-0.15, -0.1) is 0 Å². The average Bonchev–Trinajstić information content (AvgIpc) is 2.29. The lowest BCUT2D eigenvalue weighted by Gasteiger charge is -2.19. The van der Waals surface area contributed by atoms with E-state index in [0.29, 0.717) is 12.1 Å². The summed E-state index contributed by atoms with van der Waals surface area (Å²) in [6.45, 7) is 5.66. The molecular formula is C13H17N3O. The molecule has 0 bridgehead atoms. The lowest BCUT2D eigenvalue weighted by atomic mass is 10.1. The van der Waals surface area contributed by atoms with Crippen molar-refractivity contribution in [2.45, 2.75) is 20.4 Å². The number of nitrogens with two attached hydrogens (primary N) is 1. The highest BCUT2D eigenvalue weighted by atomic mass is 16.1. The highest BCUT2D eigenvalue weighted by Gasteiger charge is 2.08. The summed E-state index contributed by atoms with van der Waals surface area (Å²) in [7, 11) is 0. The summed E-state index contributed by atoms with van der Waals surface area (Å²) in [5.41, 5.74) is 8.02. The molecule has 0 saturated carbocycles. The molecule has 0 heterocycles. The third-order valence-corrected chi connectivity index (χ3v) is 2.69. The van der Waals surface area contributed by atoms with E-state index < -0.39 is 0 Å². The number of hydrogen-bond acceptors (Lipinski definition) is 3. The molecule has 1 amide bonds. The number of nitriles is 1. The van der Waals surface area contributed by atoms with Gasteiger partial charge in [0.1, 0.15) is 0 Å². The molecule has 0 spiro atoms. The van der Waals surface area contributed by atoms with Gasteiger partial charge in [-0.1, -0.05) is 13.0 Å². The number of hydrogen-bond donors (Lipinski definition) is 1. The van der Waals surface area contributed by atoms with Crippen LogP contribution in [0.3, 0.4) is 0 Å². The summed E-state index contributed by atoms with van der Waals surface area (Å²) in [6.07, 6.45) is 0. The molecule has 0 aliphatic heterocycles. The molecule has 2 N–H and O–H groups in total. The van der Waals surface area contributed by atoms with Crippen LogP contribution in [-0.4, -0.2) is 23.9 Å². The fourth-order valence-corrected chi connectivity index (χ4v) is 1.68. The molecule has 0 aliphatic rings. The van der Waals surface area contributed by atoms with Crippen LogP contribution in [0.25, 0.3) is 0 Å². The maximum Gasteiger partial charge on any atom is 0.231 e. The molecule has 0 unspecified atom stereocenters. The average molecular weight is 231 g/mol. The topological polar surface area (TPSA) is 70.1 Å². The fourth-order valence-electron chi connectivity index (χ4n) is 1.68. The van der Waals surface area contributed by atoms with Crippen molar-refractivity contribution in [3.05, 3.63) is 34.9 Å². The van der Waals surface area contributed by atoms with Crippen LogP contribution in [0.5, 0.6) is 0 Å². The van der Waals surface area contributed by atoms with Gasteiger partial charge in [0.25, 0.3) is 0 Å². The van der Waals surface area contributed by atoms with Crippen molar-refractivity contribution in [2.75, 3.05) is 13.1 Å². The summed E-state index contributed by atoms with van der Waals surface area (Å²) >= 11 is 0. The van der Waals surface area contributed by atoms with Crippen LogP contribution in [-0.2, 0) is 11.3 Å². The van der Waals surface area contributed by atoms with Crippen molar-refractivity contribution in [1.29, 1.82) is 5.26 Å². The van der Waals surface area contributed by atoms with Gasteiger partial charge in [0.05, 0.1) is 18.2 Å². The zero-order chi connectivity index (χ0) is 12.8. The Bertz CT molecular complexity index is 448. The van der Waals surface area contributed by atoms with Crippen LogP contribution in [0.2, 0.25) is 0 Å². The standard InChI is InChI=1S/C13H17N3O/c1-3-16(9-13(15)17)8-12-5-4-11(7-14)6-10(12)2/h4-6H,3,8-9H2,1-2H3,(H2,15,17). The first-order chi connectivity index (χ1) is 8.06. The Balaban J connectivity index is 2.80. The lowest BCUT2D eigenvalue weighted by Crippen LogP contribution is -2.33. The third-order valence-electron chi connectivity index (χ3n) is 2.69. The molecular weight excluding hydrogens is 214 g/mol. The highest BCUT2D eigenvalue weighted by Crippen LogP contribution is 2.13. The molecule has 90 valence electrons. The van der Waals surface area contributed by atoms with E-state index in [4.69, 9.17) is 11.0 Å². The number of amides is 1. The number of carbonyl (C=O) groups is 1. The number of carbonyl (C=O) groups excluding carboxylic acids is 1. The Morgan fingerprint density at radius 2 is 2.24 bits per heavy atom. The Morgan fingerprint density at radius 3 is 2.71 bits per heavy atom. The van der Waals surface area contributed by atoms with Gasteiger partial charge >= 0.3 is 0 Å².